The third-order valence-electron chi connectivity index (χ3n) is 4.54. The summed E-state index contributed by atoms with van der Waals surface area (Å²) < 4.78 is 13.8. The van der Waals surface area contributed by atoms with Gasteiger partial charge in [0, 0.05) is 30.3 Å². The minimum Gasteiger partial charge on any atom is -0.508 e. The molecule has 0 spiro atoms. The number of hydrogen-bond donors (Lipinski definition) is 2. The molecular weight excluding hydrogens is 255 g/mol. The van der Waals surface area contributed by atoms with Crippen molar-refractivity contribution in [2.24, 2.45) is 5.92 Å². The lowest BCUT2D eigenvalue weighted by atomic mass is 10.1. The van der Waals surface area contributed by atoms with Gasteiger partial charge in [0.05, 0.1) is 0 Å². The van der Waals surface area contributed by atoms with Crippen molar-refractivity contribution in [3.63, 3.8) is 0 Å². The lowest BCUT2D eigenvalue weighted by Gasteiger charge is -2.19. The van der Waals surface area contributed by atoms with E-state index in [1.807, 2.05) is 6.92 Å². The molecule has 1 aromatic carbocycles. The summed E-state index contributed by atoms with van der Waals surface area (Å²) in [6, 6.07) is 5.21. The fraction of sp³-hybridized carbons (Fsp3) is 0.625. The zero-order valence-electron chi connectivity index (χ0n) is 12.0. The van der Waals surface area contributed by atoms with Crippen molar-refractivity contribution in [3.8, 4) is 5.75 Å². The Hall–Kier alpha value is -1.13. The van der Waals surface area contributed by atoms with Crippen LogP contribution in [0.15, 0.2) is 18.2 Å². The molecule has 2 unspecified atom stereocenters. The van der Waals surface area contributed by atoms with E-state index < -0.39 is 0 Å². The van der Waals surface area contributed by atoms with Gasteiger partial charge in [0.15, 0.2) is 0 Å². The largest absolute Gasteiger partial charge is 0.508 e. The lowest BCUT2D eigenvalue weighted by molar-refractivity contribution is 0.309. The first-order valence-corrected chi connectivity index (χ1v) is 7.59. The number of phenols is 1. The monoisotopic (exact) mass is 278 g/mol. The van der Waals surface area contributed by atoms with Crippen LogP contribution >= 0.6 is 0 Å². The van der Waals surface area contributed by atoms with E-state index in [1.54, 1.807) is 12.1 Å². The number of benzene rings is 1. The second-order valence-corrected chi connectivity index (χ2v) is 6.22. The third-order valence-corrected chi connectivity index (χ3v) is 4.54. The first kappa shape index (κ1) is 13.8. The van der Waals surface area contributed by atoms with Gasteiger partial charge in [-0.2, -0.15) is 0 Å². The van der Waals surface area contributed by atoms with Crippen LogP contribution in [0.25, 0.3) is 0 Å². The molecule has 2 fully saturated rings. The highest BCUT2D eigenvalue weighted by Crippen LogP contribution is 2.31. The molecule has 0 radical (unpaired) electrons. The normalized spacial score (nSPS) is 25.0. The van der Waals surface area contributed by atoms with Crippen molar-refractivity contribution in [2.45, 2.75) is 38.3 Å². The first-order chi connectivity index (χ1) is 9.63. The SMILES string of the molecule is CC(NCC1CCN(C2CC2)C1)c1ccc(O)cc1F. The molecule has 4 heteroatoms. The number of halogens is 1. The second kappa shape index (κ2) is 5.70. The number of aromatic hydroxyl groups is 1. The van der Waals surface area contributed by atoms with Gasteiger partial charge in [0.1, 0.15) is 11.6 Å². The smallest absolute Gasteiger partial charge is 0.131 e. The maximum absolute atomic E-state index is 13.8. The van der Waals surface area contributed by atoms with Crippen molar-refractivity contribution < 1.29 is 9.50 Å². The molecule has 0 amide bonds. The van der Waals surface area contributed by atoms with Gasteiger partial charge in [0.25, 0.3) is 0 Å². The van der Waals surface area contributed by atoms with E-state index in [0.717, 1.165) is 12.6 Å². The molecule has 2 aliphatic rings. The Labute approximate surface area is 119 Å². The Bertz CT molecular complexity index is 476. The molecule has 110 valence electrons. The van der Waals surface area contributed by atoms with Crippen LogP contribution in [0.3, 0.4) is 0 Å². The summed E-state index contributed by atoms with van der Waals surface area (Å²) in [5.74, 6) is 0.323. The van der Waals surface area contributed by atoms with Crippen molar-refractivity contribution >= 4 is 0 Å². The number of hydrogen-bond acceptors (Lipinski definition) is 3. The molecule has 1 aromatic rings. The summed E-state index contributed by atoms with van der Waals surface area (Å²) in [6.45, 7) is 5.31. The summed E-state index contributed by atoms with van der Waals surface area (Å²) in [5, 5.41) is 12.7. The zero-order valence-corrected chi connectivity index (χ0v) is 12.0. The standard InChI is InChI=1S/C16H23FN2O/c1-11(15-5-4-14(20)8-16(15)17)18-9-12-6-7-19(10-12)13-2-3-13/h4-5,8,11-13,18,20H,2-3,6-7,9-10H2,1H3. The van der Waals surface area contributed by atoms with Crippen LogP contribution in [0, 0.1) is 11.7 Å². The fourth-order valence-corrected chi connectivity index (χ4v) is 3.12. The molecule has 1 aliphatic heterocycles. The minimum absolute atomic E-state index is 0.0191. The summed E-state index contributed by atoms with van der Waals surface area (Å²) in [4.78, 5) is 2.60. The average molecular weight is 278 g/mol. The van der Waals surface area contributed by atoms with Gasteiger partial charge in [-0.25, -0.2) is 4.39 Å². The zero-order chi connectivity index (χ0) is 14.1. The number of phenolic OH excluding ortho intramolecular Hbond substituents is 1. The van der Waals surface area contributed by atoms with Gasteiger partial charge in [-0.3, -0.25) is 0 Å². The van der Waals surface area contributed by atoms with Crippen LogP contribution in [-0.2, 0) is 0 Å². The Balaban J connectivity index is 1.50. The van der Waals surface area contributed by atoms with Crippen LogP contribution in [0.1, 0.15) is 37.8 Å². The lowest BCUT2D eigenvalue weighted by Crippen LogP contribution is -2.29. The summed E-state index contributed by atoms with van der Waals surface area (Å²) in [5.41, 5.74) is 0.625. The van der Waals surface area contributed by atoms with Gasteiger partial charge in [-0.15, -0.1) is 0 Å². The average Bonchev–Trinajstić information content (AvgIpc) is 3.15. The molecule has 1 heterocycles. The predicted molar refractivity (Wildman–Crippen MR) is 77.2 cm³/mol. The molecule has 1 saturated heterocycles. The molecule has 0 bridgehead atoms. The van der Waals surface area contributed by atoms with E-state index in [-0.39, 0.29) is 17.6 Å². The Morgan fingerprint density at radius 2 is 2.20 bits per heavy atom. The van der Waals surface area contributed by atoms with Gasteiger partial charge in [-0.1, -0.05) is 6.07 Å². The minimum atomic E-state index is -0.337. The summed E-state index contributed by atoms with van der Waals surface area (Å²) in [7, 11) is 0. The van der Waals surface area contributed by atoms with E-state index in [2.05, 4.69) is 10.2 Å². The van der Waals surface area contributed by atoms with Gasteiger partial charge in [0.2, 0.25) is 0 Å². The highest BCUT2D eigenvalue weighted by Gasteiger charge is 2.34. The molecule has 3 rings (SSSR count). The van der Waals surface area contributed by atoms with Crippen LogP contribution in [0.5, 0.6) is 5.75 Å². The number of rotatable bonds is 5. The van der Waals surface area contributed by atoms with Crippen LogP contribution < -0.4 is 5.32 Å². The Morgan fingerprint density at radius 3 is 2.90 bits per heavy atom. The second-order valence-electron chi connectivity index (χ2n) is 6.22. The summed E-state index contributed by atoms with van der Waals surface area (Å²) in [6.07, 6.45) is 3.98. The molecule has 0 aromatic heterocycles. The third kappa shape index (κ3) is 3.13. The predicted octanol–water partition coefficient (Wildman–Crippen LogP) is 2.67. The molecule has 2 atom stereocenters. The number of nitrogens with zero attached hydrogens (tertiary/aromatic N) is 1. The van der Waals surface area contributed by atoms with E-state index >= 15 is 0 Å². The highest BCUT2D eigenvalue weighted by atomic mass is 19.1. The van der Waals surface area contributed by atoms with E-state index in [9.17, 15) is 9.50 Å². The maximum Gasteiger partial charge on any atom is 0.131 e. The highest BCUT2D eigenvalue weighted by molar-refractivity contribution is 5.29. The van der Waals surface area contributed by atoms with Crippen LogP contribution in [-0.4, -0.2) is 35.7 Å². The molecule has 2 N–H and O–H groups in total. The fourth-order valence-electron chi connectivity index (χ4n) is 3.12. The van der Waals surface area contributed by atoms with E-state index in [0.29, 0.717) is 11.5 Å². The molecular formula is C16H23FN2O. The molecule has 1 aliphatic carbocycles. The first-order valence-electron chi connectivity index (χ1n) is 7.59. The van der Waals surface area contributed by atoms with Gasteiger partial charge >= 0.3 is 0 Å². The Morgan fingerprint density at radius 1 is 1.40 bits per heavy atom. The maximum atomic E-state index is 13.8. The van der Waals surface area contributed by atoms with Crippen molar-refractivity contribution in [3.05, 3.63) is 29.6 Å². The van der Waals surface area contributed by atoms with E-state index in [1.165, 1.54) is 38.4 Å². The van der Waals surface area contributed by atoms with Crippen LogP contribution in [0.4, 0.5) is 4.39 Å². The van der Waals surface area contributed by atoms with Gasteiger partial charge in [-0.05, 0) is 51.3 Å². The number of likely N-dealkylation sites (tertiary alicyclic amines) is 1. The molecule has 3 nitrogen and oxygen atoms in total. The van der Waals surface area contributed by atoms with Crippen molar-refractivity contribution in [1.29, 1.82) is 0 Å². The Kier molecular flexibility index (Phi) is 3.94. The molecule has 20 heavy (non-hydrogen) atoms. The van der Waals surface area contributed by atoms with E-state index in [4.69, 9.17) is 0 Å². The van der Waals surface area contributed by atoms with Crippen molar-refractivity contribution in [1.82, 2.24) is 10.2 Å². The quantitative estimate of drug-likeness (QED) is 0.869. The molecule has 1 saturated carbocycles. The van der Waals surface area contributed by atoms with Gasteiger partial charge < -0.3 is 15.3 Å². The topological polar surface area (TPSA) is 35.5 Å². The van der Waals surface area contributed by atoms with Crippen LogP contribution in [0.2, 0.25) is 0 Å². The number of nitrogens with one attached hydrogen (secondary N) is 1. The summed E-state index contributed by atoms with van der Waals surface area (Å²) >= 11 is 0. The van der Waals surface area contributed by atoms with Crippen molar-refractivity contribution in [2.75, 3.05) is 19.6 Å².